The average Bonchev–Trinajstić information content (AvgIpc) is 2.98. The van der Waals surface area contributed by atoms with E-state index in [1.807, 2.05) is 12.1 Å². The molecular formula is C33H27N3S. The number of dihydropyridines is 1. The number of aliphatic imine (C=N–C) groups is 1. The van der Waals surface area contributed by atoms with Crippen LogP contribution in [0.5, 0.6) is 0 Å². The lowest BCUT2D eigenvalue weighted by molar-refractivity contribution is 0.664. The van der Waals surface area contributed by atoms with Crippen molar-refractivity contribution in [3.05, 3.63) is 150 Å². The Morgan fingerprint density at radius 1 is 0.703 bits per heavy atom. The van der Waals surface area contributed by atoms with Gasteiger partial charge in [-0.05, 0) is 57.7 Å². The molecule has 0 aromatic heterocycles. The van der Waals surface area contributed by atoms with Gasteiger partial charge in [-0.3, -0.25) is 4.99 Å². The lowest BCUT2D eigenvalue weighted by Gasteiger charge is -2.25. The van der Waals surface area contributed by atoms with Gasteiger partial charge in [-0.1, -0.05) is 97.1 Å². The van der Waals surface area contributed by atoms with Crippen molar-refractivity contribution in [3.8, 4) is 11.1 Å². The fourth-order valence-corrected chi connectivity index (χ4v) is 4.98. The standard InChI is InChI=1S/C33H27N3S/c37-30-19-28(27-12-7-17-34-22-27)18-29(20-30)32-21-31(35-33(36-32)26-10-5-2-6-11-26)25-15-13-24(14-16-25)23-8-3-1-4-9-23/h1-16,18-22,33-35,37H,17H2. The van der Waals surface area contributed by atoms with Gasteiger partial charge in [0.25, 0.3) is 0 Å². The van der Waals surface area contributed by atoms with Gasteiger partial charge in [0.2, 0.25) is 0 Å². The van der Waals surface area contributed by atoms with Crippen LogP contribution in [0.3, 0.4) is 0 Å². The molecule has 0 aliphatic carbocycles. The summed E-state index contributed by atoms with van der Waals surface area (Å²) in [7, 11) is 0. The molecule has 180 valence electrons. The van der Waals surface area contributed by atoms with E-state index in [2.05, 4.69) is 126 Å². The first-order valence-electron chi connectivity index (χ1n) is 12.4. The van der Waals surface area contributed by atoms with Crippen molar-refractivity contribution in [3.63, 3.8) is 0 Å². The smallest absolute Gasteiger partial charge is 0.145 e. The van der Waals surface area contributed by atoms with Gasteiger partial charge in [0.15, 0.2) is 0 Å². The van der Waals surface area contributed by atoms with Crippen molar-refractivity contribution in [1.82, 2.24) is 10.6 Å². The van der Waals surface area contributed by atoms with E-state index in [1.54, 1.807) is 0 Å². The Labute approximate surface area is 223 Å². The first-order valence-corrected chi connectivity index (χ1v) is 12.9. The van der Waals surface area contributed by atoms with Crippen molar-refractivity contribution in [2.24, 2.45) is 4.99 Å². The fourth-order valence-electron chi connectivity index (χ4n) is 4.70. The second-order valence-corrected chi connectivity index (χ2v) is 9.67. The fraction of sp³-hybridized carbons (Fsp3) is 0.0606. The number of hydrogen-bond acceptors (Lipinski definition) is 4. The molecule has 0 spiro atoms. The highest BCUT2D eigenvalue weighted by Gasteiger charge is 2.20. The average molecular weight is 498 g/mol. The normalized spacial score (nSPS) is 16.7. The van der Waals surface area contributed by atoms with Crippen LogP contribution in [-0.2, 0) is 0 Å². The molecule has 0 amide bonds. The topological polar surface area (TPSA) is 36.4 Å². The zero-order valence-electron chi connectivity index (χ0n) is 20.3. The molecule has 6 rings (SSSR count). The van der Waals surface area contributed by atoms with Gasteiger partial charge in [-0.25, -0.2) is 0 Å². The van der Waals surface area contributed by atoms with Crippen LogP contribution < -0.4 is 10.6 Å². The van der Waals surface area contributed by atoms with Gasteiger partial charge < -0.3 is 10.6 Å². The highest BCUT2D eigenvalue weighted by molar-refractivity contribution is 7.80. The van der Waals surface area contributed by atoms with Gasteiger partial charge in [-0.2, -0.15) is 0 Å². The predicted molar refractivity (Wildman–Crippen MR) is 158 cm³/mol. The van der Waals surface area contributed by atoms with E-state index in [9.17, 15) is 0 Å². The van der Waals surface area contributed by atoms with Crippen LogP contribution >= 0.6 is 12.6 Å². The van der Waals surface area contributed by atoms with E-state index in [1.165, 1.54) is 11.1 Å². The molecule has 2 aliphatic rings. The molecule has 1 unspecified atom stereocenters. The third kappa shape index (κ3) is 5.16. The van der Waals surface area contributed by atoms with Gasteiger partial charge in [0, 0.05) is 28.9 Å². The molecule has 2 aliphatic heterocycles. The molecular weight excluding hydrogens is 470 g/mol. The van der Waals surface area contributed by atoms with Crippen molar-refractivity contribution in [2.75, 3.05) is 6.54 Å². The second-order valence-electron chi connectivity index (χ2n) is 9.15. The number of rotatable bonds is 5. The molecule has 4 heteroatoms. The quantitative estimate of drug-likeness (QED) is 0.254. The molecule has 0 saturated heterocycles. The third-order valence-corrected chi connectivity index (χ3v) is 6.86. The minimum absolute atomic E-state index is 0.188. The summed E-state index contributed by atoms with van der Waals surface area (Å²) in [6, 6.07) is 35.9. The van der Waals surface area contributed by atoms with Crippen LogP contribution in [0, 0.1) is 0 Å². The first kappa shape index (κ1) is 23.1. The summed E-state index contributed by atoms with van der Waals surface area (Å²) >= 11 is 4.73. The molecule has 0 fully saturated rings. The number of benzene rings is 4. The maximum atomic E-state index is 5.13. The molecule has 1 atom stereocenters. The number of thiol groups is 1. The van der Waals surface area contributed by atoms with Crippen LogP contribution in [0.4, 0.5) is 0 Å². The Morgan fingerprint density at radius 2 is 1.38 bits per heavy atom. The van der Waals surface area contributed by atoms with Crippen molar-refractivity contribution in [2.45, 2.75) is 11.1 Å². The zero-order chi connectivity index (χ0) is 25.0. The maximum absolute atomic E-state index is 5.13. The molecule has 0 radical (unpaired) electrons. The molecule has 37 heavy (non-hydrogen) atoms. The largest absolute Gasteiger partial charge is 0.387 e. The molecule has 4 aromatic rings. The van der Waals surface area contributed by atoms with Gasteiger partial charge in [0.05, 0.1) is 5.71 Å². The summed E-state index contributed by atoms with van der Waals surface area (Å²) in [4.78, 5) is 6.04. The molecule has 0 saturated carbocycles. The summed E-state index contributed by atoms with van der Waals surface area (Å²) in [6.45, 7) is 0.850. The van der Waals surface area contributed by atoms with E-state index in [4.69, 9.17) is 17.6 Å². The molecule has 0 bridgehead atoms. The summed E-state index contributed by atoms with van der Waals surface area (Å²) < 4.78 is 0. The van der Waals surface area contributed by atoms with Crippen molar-refractivity contribution < 1.29 is 0 Å². The van der Waals surface area contributed by atoms with Gasteiger partial charge in [0.1, 0.15) is 6.17 Å². The molecule has 4 aromatic carbocycles. The third-order valence-electron chi connectivity index (χ3n) is 6.60. The van der Waals surface area contributed by atoms with E-state index in [-0.39, 0.29) is 6.17 Å². The lowest BCUT2D eigenvalue weighted by atomic mass is 9.97. The van der Waals surface area contributed by atoms with Gasteiger partial charge >= 0.3 is 0 Å². The monoisotopic (exact) mass is 497 g/mol. The van der Waals surface area contributed by atoms with Crippen LogP contribution in [0.25, 0.3) is 22.4 Å². The molecule has 2 N–H and O–H groups in total. The minimum Gasteiger partial charge on any atom is -0.387 e. The molecule has 3 nitrogen and oxygen atoms in total. The number of nitrogens with zero attached hydrogens (tertiary/aromatic N) is 1. The first-order chi connectivity index (χ1) is 18.2. The maximum Gasteiger partial charge on any atom is 0.145 e. The van der Waals surface area contributed by atoms with E-state index in [0.717, 1.165) is 50.7 Å². The highest BCUT2D eigenvalue weighted by atomic mass is 32.1. The highest BCUT2D eigenvalue weighted by Crippen LogP contribution is 2.30. The van der Waals surface area contributed by atoms with Gasteiger partial charge in [-0.15, -0.1) is 12.6 Å². The summed E-state index contributed by atoms with van der Waals surface area (Å²) in [5.74, 6) is 0. The Balaban J connectivity index is 1.40. The Morgan fingerprint density at radius 3 is 2.11 bits per heavy atom. The van der Waals surface area contributed by atoms with E-state index in [0.29, 0.717) is 0 Å². The molecule has 2 heterocycles. The van der Waals surface area contributed by atoms with Crippen LogP contribution in [-0.4, -0.2) is 12.3 Å². The van der Waals surface area contributed by atoms with Crippen LogP contribution in [0.1, 0.15) is 28.4 Å². The van der Waals surface area contributed by atoms with E-state index < -0.39 is 0 Å². The zero-order valence-corrected chi connectivity index (χ0v) is 21.2. The summed E-state index contributed by atoms with van der Waals surface area (Å²) in [6.07, 6.45) is 8.29. The number of hydrogen-bond donors (Lipinski definition) is 3. The van der Waals surface area contributed by atoms with E-state index >= 15 is 0 Å². The Kier molecular flexibility index (Phi) is 6.49. The SMILES string of the molecule is Sc1cc(C2=CNCC=C2)cc(C2=NC(c3ccccc3)NC(c3ccc(-c4ccccc4)cc3)=C2)c1. The van der Waals surface area contributed by atoms with Crippen LogP contribution in [0.15, 0.2) is 137 Å². The minimum atomic E-state index is -0.188. The predicted octanol–water partition coefficient (Wildman–Crippen LogP) is 7.27. The van der Waals surface area contributed by atoms with Crippen molar-refractivity contribution >= 4 is 29.6 Å². The summed E-state index contributed by atoms with van der Waals surface area (Å²) in [5, 5.41) is 6.96. The number of nitrogens with one attached hydrogen (secondary N) is 2. The second kappa shape index (κ2) is 10.4. The number of allylic oxidation sites excluding steroid dienone is 3. The Hall–Kier alpha value is -4.28. The van der Waals surface area contributed by atoms with Crippen LogP contribution in [0.2, 0.25) is 0 Å². The summed E-state index contributed by atoms with van der Waals surface area (Å²) in [5.41, 5.74) is 9.93. The Bertz CT molecular complexity index is 1530. The van der Waals surface area contributed by atoms with Crippen molar-refractivity contribution in [1.29, 1.82) is 0 Å². The lowest BCUT2D eigenvalue weighted by Crippen LogP contribution is -2.24.